The third-order valence-corrected chi connectivity index (χ3v) is 3.12. The molecule has 1 atom stereocenters. The van der Waals surface area contributed by atoms with Gasteiger partial charge >= 0.3 is 0 Å². The molecule has 0 aliphatic heterocycles. The molecule has 0 unspecified atom stereocenters. The molecule has 92 valence electrons. The smallest absolute Gasteiger partial charge is 0.123 e. The minimum absolute atomic E-state index is 0.278. The standard InChI is InChI=1S/C15H8ClFN2/c16-15-3-1-2-12(14(15)9-19)13(8-18)10-4-6-11(17)7-5-10/h1-7,13H/t13-/m1/s1. The van der Waals surface area contributed by atoms with Crippen LogP contribution in [0.5, 0.6) is 0 Å². The van der Waals surface area contributed by atoms with Gasteiger partial charge in [-0.3, -0.25) is 0 Å². The molecule has 0 saturated carbocycles. The highest BCUT2D eigenvalue weighted by Gasteiger charge is 2.18. The Labute approximate surface area is 115 Å². The van der Waals surface area contributed by atoms with Gasteiger partial charge in [0.05, 0.1) is 22.6 Å². The van der Waals surface area contributed by atoms with Crippen LogP contribution in [0.2, 0.25) is 5.02 Å². The second kappa shape index (κ2) is 5.52. The first-order chi connectivity index (χ1) is 9.17. The maximum atomic E-state index is 12.9. The van der Waals surface area contributed by atoms with Gasteiger partial charge in [0, 0.05) is 0 Å². The van der Waals surface area contributed by atoms with E-state index in [9.17, 15) is 9.65 Å². The van der Waals surface area contributed by atoms with Crippen LogP contribution in [0, 0.1) is 28.5 Å². The monoisotopic (exact) mass is 270 g/mol. The Kier molecular flexibility index (Phi) is 3.80. The molecule has 0 saturated heterocycles. The van der Waals surface area contributed by atoms with Crippen molar-refractivity contribution < 1.29 is 4.39 Å². The molecule has 2 aromatic carbocycles. The Morgan fingerprint density at radius 3 is 2.32 bits per heavy atom. The predicted octanol–water partition coefficient (Wildman–Crippen LogP) is 4.01. The van der Waals surface area contributed by atoms with Gasteiger partial charge in [-0.15, -0.1) is 0 Å². The minimum atomic E-state index is -0.644. The van der Waals surface area contributed by atoms with Crippen molar-refractivity contribution in [2.75, 3.05) is 0 Å². The summed E-state index contributed by atoms with van der Waals surface area (Å²) in [5.74, 6) is -1.01. The molecule has 0 aliphatic rings. The molecule has 0 fully saturated rings. The van der Waals surface area contributed by atoms with E-state index in [0.717, 1.165) is 0 Å². The van der Waals surface area contributed by atoms with Gasteiger partial charge in [-0.1, -0.05) is 35.9 Å². The first-order valence-corrected chi connectivity index (χ1v) is 5.88. The van der Waals surface area contributed by atoms with Gasteiger partial charge in [-0.2, -0.15) is 10.5 Å². The van der Waals surface area contributed by atoms with E-state index in [4.69, 9.17) is 16.9 Å². The van der Waals surface area contributed by atoms with E-state index in [0.29, 0.717) is 16.1 Å². The summed E-state index contributed by atoms with van der Waals surface area (Å²) in [5.41, 5.74) is 1.44. The lowest BCUT2D eigenvalue weighted by Crippen LogP contribution is -2.01. The van der Waals surface area contributed by atoms with Crippen LogP contribution in [0.25, 0.3) is 0 Å². The lowest BCUT2D eigenvalue weighted by molar-refractivity contribution is 0.627. The third kappa shape index (κ3) is 2.57. The Morgan fingerprint density at radius 1 is 1.05 bits per heavy atom. The van der Waals surface area contributed by atoms with Crippen LogP contribution in [0.3, 0.4) is 0 Å². The number of nitrogens with zero attached hydrogens (tertiary/aromatic N) is 2. The maximum absolute atomic E-state index is 12.9. The molecular formula is C15H8ClFN2. The van der Waals surface area contributed by atoms with Crippen molar-refractivity contribution in [3.63, 3.8) is 0 Å². The summed E-state index contributed by atoms with van der Waals surface area (Å²) < 4.78 is 12.9. The number of hydrogen-bond acceptors (Lipinski definition) is 2. The molecule has 2 nitrogen and oxygen atoms in total. The second-order valence-corrected chi connectivity index (χ2v) is 4.34. The third-order valence-electron chi connectivity index (χ3n) is 2.80. The molecular weight excluding hydrogens is 263 g/mol. The van der Waals surface area contributed by atoms with Crippen LogP contribution < -0.4 is 0 Å². The van der Waals surface area contributed by atoms with E-state index < -0.39 is 5.92 Å². The molecule has 0 heterocycles. The van der Waals surface area contributed by atoms with Crippen molar-refractivity contribution in [3.05, 3.63) is 70.0 Å². The fraction of sp³-hybridized carbons (Fsp3) is 0.0667. The summed E-state index contributed by atoms with van der Waals surface area (Å²) in [7, 11) is 0. The number of rotatable bonds is 2. The topological polar surface area (TPSA) is 47.6 Å². The summed E-state index contributed by atoms with van der Waals surface area (Å²) in [5, 5.41) is 18.8. The summed E-state index contributed by atoms with van der Waals surface area (Å²) in [6.45, 7) is 0. The fourth-order valence-electron chi connectivity index (χ4n) is 1.88. The first kappa shape index (κ1) is 13.1. The van der Waals surface area contributed by atoms with E-state index in [1.165, 1.54) is 24.3 Å². The summed E-state index contributed by atoms with van der Waals surface area (Å²) in [6.07, 6.45) is 0. The van der Waals surface area contributed by atoms with Crippen LogP contribution in [-0.2, 0) is 0 Å². The number of benzene rings is 2. The highest BCUT2D eigenvalue weighted by atomic mass is 35.5. The van der Waals surface area contributed by atoms with Gasteiger partial charge in [0.2, 0.25) is 0 Å². The summed E-state index contributed by atoms with van der Waals surface area (Å²) >= 11 is 5.95. The van der Waals surface area contributed by atoms with Gasteiger partial charge in [0.15, 0.2) is 0 Å². The molecule has 0 spiro atoms. The second-order valence-electron chi connectivity index (χ2n) is 3.93. The maximum Gasteiger partial charge on any atom is 0.123 e. The predicted molar refractivity (Wildman–Crippen MR) is 70.0 cm³/mol. The molecule has 0 amide bonds. The average Bonchev–Trinajstić information content (AvgIpc) is 2.42. The molecule has 19 heavy (non-hydrogen) atoms. The van der Waals surface area contributed by atoms with Crippen molar-refractivity contribution in [2.45, 2.75) is 5.92 Å². The fourth-order valence-corrected chi connectivity index (χ4v) is 2.10. The summed E-state index contributed by atoms with van der Waals surface area (Å²) in [4.78, 5) is 0. The zero-order valence-corrected chi connectivity index (χ0v) is 10.5. The molecule has 0 radical (unpaired) electrons. The molecule has 2 rings (SSSR count). The molecule has 4 heteroatoms. The molecule has 0 aromatic heterocycles. The lowest BCUT2D eigenvalue weighted by atomic mass is 9.89. The largest absolute Gasteiger partial charge is 0.207 e. The van der Waals surface area contributed by atoms with E-state index in [1.54, 1.807) is 18.2 Å². The summed E-state index contributed by atoms with van der Waals surface area (Å²) in [6, 6.07) is 14.7. The van der Waals surface area contributed by atoms with E-state index in [2.05, 4.69) is 6.07 Å². The molecule has 0 bridgehead atoms. The Balaban J connectivity index is 2.56. The highest BCUT2D eigenvalue weighted by molar-refractivity contribution is 6.31. The zero-order valence-electron chi connectivity index (χ0n) is 9.77. The number of hydrogen-bond donors (Lipinski definition) is 0. The van der Waals surface area contributed by atoms with Gasteiger partial charge < -0.3 is 0 Å². The zero-order chi connectivity index (χ0) is 13.8. The number of nitriles is 2. The SMILES string of the molecule is N#Cc1c(Cl)cccc1[C@H](C#N)c1ccc(F)cc1. The quantitative estimate of drug-likeness (QED) is 0.828. The molecule has 0 aliphatic carbocycles. The highest BCUT2D eigenvalue weighted by Crippen LogP contribution is 2.30. The van der Waals surface area contributed by atoms with Gasteiger partial charge in [-0.05, 0) is 29.3 Å². The van der Waals surface area contributed by atoms with Crippen molar-refractivity contribution in [1.29, 1.82) is 10.5 Å². The van der Waals surface area contributed by atoms with Crippen molar-refractivity contribution >= 4 is 11.6 Å². The van der Waals surface area contributed by atoms with Crippen LogP contribution >= 0.6 is 11.6 Å². The van der Waals surface area contributed by atoms with Crippen LogP contribution in [0.4, 0.5) is 4.39 Å². The lowest BCUT2D eigenvalue weighted by Gasteiger charge is -2.12. The van der Waals surface area contributed by atoms with Crippen molar-refractivity contribution in [3.8, 4) is 12.1 Å². The average molecular weight is 271 g/mol. The minimum Gasteiger partial charge on any atom is -0.207 e. The molecule has 2 aromatic rings. The van der Waals surface area contributed by atoms with Crippen molar-refractivity contribution in [2.24, 2.45) is 0 Å². The van der Waals surface area contributed by atoms with Gasteiger partial charge in [0.25, 0.3) is 0 Å². The van der Waals surface area contributed by atoms with E-state index in [-0.39, 0.29) is 11.4 Å². The van der Waals surface area contributed by atoms with Crippen LogP contribution in [-0.4, -0.2) is 0 Å². The normalized spacial score (nSPS) is 11.4. The molecule has 0 N–H and O–H groups in total. The van der Waals surface area contributed by atoms with E-state index in [1.807, 2.05) is 6.07 Å². The van der Waals surface area contributed by atoms with Gasteiger partial charge in [0.1, 0.15) is 11.9 Å². The Hall–Kier alpha value is -2.36. The van der Waals surface area contributed by atoms with Crippen LogP contribution in [0.1, 0.15) is 22.6 Å². The Morgan fingerprint density at radius 2 is 1.74 bits per heavy atom. The van der Waals surface area contributed by atoms with Gasteiger partial charge in [-0.25, -0.2) is 4.39 Å². The Bertz CT molecular complexity index is 681. The first-order valence-electron chi connectivity index (χ1n) is 5.51. The van der Waals surface area contributed by atoms with Crippen LogP contribution in [0.15, 0.2) is 42.5 Å². The van der Waals surface area contributed by atoms with Crippen molar-refractivity contribution in [1.82, 2.24) is 0 Å². The van der Waals surface area contributed by atoms with E-state index >= 15 is 0 Å². The number of halogens is 2.